The van der Waals surface area contributed by atoms with Gasteiger partial charge in [-0.1, -0.05) is 56.2 Å². The summed E-state index contributed by atoms with van der Waals surface area (Å²) < 4.78 is 86.4. The van der Waals surface area contributed by atoms with E-state index in [0.29, 0.717) is 31.7 Å². The summed E-state index contributed by atoms with van der Waals surface area (Å²) >= 11 is 5.66. The highest BCUT2D eigenvalue weighted by Gasteiger charge is 2.39. The number of aliphatic hydroxyl groups is 1. The molecule has 1 heterocycles. The fraction of sp³-hybridized carbons (Fsp3) is 0.606. The number of rotatable bonds is 8. The molecule has 0 aromatic heterocycles. The number of likely N-dealkylation sites (tertiary alicyclic amines) is 1. The second kappa shape index (κ2) is 16.4. The molecule has 5 rings (SSSR count). The van der Waals surface area contributed by atoms with Gasteiger partial charge in [-0.2, -0.15) is 25.9 Å². The molecule has 3 N–H and O–H groups in total. The lowest BCUT2D eigenvalue weighted by Crippen LogP contribution is -2.48. The monoisotopic (exact) mass is 705 g/mol. The standard InChI is InChI=1S/C21H21ClF4N2O2.C12H23NO3S/c22-18-6-3-15(13-17(18)21(24,25)26)20(30)7-10-28(11-8-20)12-9-27-19(29)14-1-4-16(23)5-2-14;14-17(15,16)13(11-7-3-1-4-8-11)12-9-5-2-6-10-12/h1-6,13,30H,7-12H2,(H,27,29);11-12H,1-10H2,(H,14,15,16). The van der Waals surface area contributed by atoms with Crippen LogP contribution in [-0.2, 0) is 22.1 Å². The lowest BCUT2D eigenvalue weighted by Gasteiger charge is -2.38. The van der Waals surface area contributed by atoms with Crippen molar-refractivity contribution in [3.63, 3.8) is 0 Å². The van der Waals surface area contributed by atoms with E-state index in [-0.39, 0.29) is 36.4 Å². The number of carbonyl (C=O) groups is 1. The van der Waals surface area contributed by atoms with E-state index in [1.54, 1.807) is 0 Å². The van der Waals surface area contributed by atoms with Gasteiger partial charge in [-0.3, -0.25) is 9.35 Å². The Labute approximate surface area is 279 Å². The van der Waals surface area contributed by atoms with E-state index in [4.69, 9.17) is 11.6 Å². The van der Waals surface area contributed by atoms with Crippen molar-refractivity contribution in [2.45, 2.75) is 101 Å². The predicted molar refractivity (Wildman–Crippen MR) is 172 cm³/mol. The molecule has 14 heteroatoms. The normalized spacial score (nSPS) is 20.0. The third-order valence-electron chi connectivity index (χ3n) is 9.45. The highest BCUT2D eigenvalue weighted by molar-refractivity contribution is 7.83. The Kier molecular flexibility index (Phi) is 13.1. The molecular formula is C33H44ClF4N3O5S. The van der Waals surface area contributed by atoms with Crippen LogP contribution in [0.25, 0.3) is 0 Å². The minimum absolute atomic E-state index is 0.0434. The minimum atomic E-state index is -4.59. The first-order valence-corrected chi connectivity index (χ1v) is 18.1. The van der Waals surface area contributed by atoms with Gasteiger partial charge in [0.1, 0.15) is 5.82 Å². The summed E-state index contributed by atoms with van der Waals surface area (Å²) in [4.78, 5) is 14.0. The summed E-state index contributed by atoms with van der Waals surface area (Å²) in [5.41, 5.74) is -1.77. The topological polar surface area (TPSA) is 110 Å². The van der Waals surface area contributed by atoms with Crippen LogP contribution in [0, 0.1) is 5.82 Å². The summed E-state index contributed by atoms with van der Waals surface area (Å²) in [6, 6.07) is 8.80. The number of alkyl halides is 3. The highest BCUT2D eigenvalue weighted by Crippen LogP contribution is 2.40. The number of hydrogen-bond donors (Lipinski definition) is 3. The molecule has 1 saturated heterocycles. The third-order valence-corrected chi connectivity index (χ3v) is 10.9. The molecule has 1 aliphatic heterocycles. The van der Waals surface area contributed by atoms with Crippen molar-refractivity contribution >= 4 is 27.8 Å². The van der Waals surface area contributed by atoms with Gasteiger partial charge < -0.3 is 15.3 Å². The zero-order chi connectivity index (χ0) is 34.2. The number of benzene rings is 2. The van der Waals surface area contributed by atoms with Gasteiger partial charge >= 0.3 is 16.5 Å². The van der Waals surface area contributed by atoms with Gasteiger partial charge in [0.05, 0.1) is 16.2 Å². The average molecular weight is 706 g/mol. The van der Waals surface area contributed by atoms with Crippen LogP contribution in [0.15, 0.2) is 42.5 Å². The first-order valence-electron chi connectivity index (χ1n) is 16.3. The van der Waals surface area contributed by atoms with E-state index >= 15 is 0 Å². The van der Waals surface area contributed by atoms with Gasteiger partial charge in [-0.05, 0) is 80.5 Å². The van der Waals surface area contributed by atoms with E-state index in [1.807, 2.05) is 4.90 Å². The fourth-order valence-electron chi connectivity index (χ4n) is 6.84. The van der Waals surface area contributed by atoms with E-state index < -0.39 is 38.5 Å². The van der Waals surface area contributed by atoms with Crippen molar-refractivity contribution in [2.75, 3.05) is 26.2 Å². The van der Waals surface area contributed by atoms with Crippen LogP contribution in [0.1, 0.15) is 98.5 Å². The Bertz CT molecular complexity index is 1410. The van der Waals surface area contributed by atoms with Gasteiger partial charge in [0.25, 0.3) is 5.91 Å². The summed E-state index contributed by atoms with van der Waals surface area (Å²) in [5.74, 6) is -0.736. The minimum Gasteiger partial charge on any atom is -0.385 e. The van der Waals surface area contributed by atoms with Gasteiger partial charge in [0.15, 0.2) is 0 Å². The zero-order valence-electron chi connectivity index (χ0n) is 26.3. The molecule has 0 atom stereocenters. The Balaban J connectivity index is 0.000000248. The summed E-state index contributed by atoms with van der Waals surface area (Å²) in [6.07, 6.45) is 6.32. The number of piperidine rings is 1. The SMILES string of the molecule is O=C(NCCN1CCC(O)(c2ccc(Cl)c(C(F)(F)F)c2)CC1)c1ccc(F)cc1.O=S(=O)(O)N(C1CCCCC1)C1CCCCC1. The summed E-state index contributed by atoms with van der Waals surface area (Å²) in [5, 5.41) is 13.2. The molecule has 0 unspecified atom stereocenters. The number of hydrogen-bond acceptors (Lipinski definition) is 5. The van der Waals surface area contributed by atoms with E-state index in [2.05, 4.69) is 5.32 Å². The molecule has 0 radical (unpaired) electrons. The van der Waals surface area contributed by atoms with Crippen LogP contribution in [0.4, 0.5) is 17.6 Å². The van der Waals surface area contributed by atoms with Crippen LogP contribution in [0.5, 0.6) is 0 Å². The van der Waals surface area contributed by atoms with Crippen molar-refractivity contribution < 1.29 is 40.4 Å². The molecule has 2 aromatic carbocycles. The third kappa shape index (κ3) is 10.6. The first-order chi connectivity index (χ1) is 22.2. The van der Waals surface area contributed by atoms with Crippen LogP contribution in [0.3, 0.4) is 0 Å². The molecule has 8 nitrogen and oxygen atoms in total. The Morgan fingerprint density at radius 1 is 0.936 bits per heavy atom. The summed E-state index contributed by atoms with van der Waals surface area (Å²) in [7, 11) is -4.03. The molecule has 1 amide bonds. The lowest BCUT2D eigenvalue weighted by atomic mass is 9.83. The zero-order valence-corrected chi connectivity index (χ0v) is 27.9. The van der Waals surface area contributed by atoms with Crippen LogP contribution in [-0.4, -0.2) is 71.5 Å². The smallest absolute Gasteiger partial charge is 0.385 e. The fourth-order valence-corrected chi connectivity index (χ4v) is 8.24. The maximum atomic E-state index is 13.1. The van der Waals surface area contributed by atoms with Crippen LogP contribution in [0.2, 0.25) is 5.02 Å². The second-order valence-corrected chi connectivity index (χ2v) is 14.4. The van der Waals surface area contributed by atoms with Crippen LogP contribution < -0.4 is 5.32 Å². The predicted octanol–water partition coefficient (Wildman–Crippen LogP) is 6.97. The molecule has 2 aromatic rings. The average Bonchev–Trinajstić information content (AvgIpc) is 3.03. The van der Waals surface area contributed by atoms with Crippen molar-refractivity contribution in [3.05, 3.63) is 70.0 Å². The highest BCUT2D eigenvalue weighted by atomic mass is 35.5. The van der Waals surface area contributed by atoms with Crippen molar-refractivity contribution in [2.24, 2.45) is 0 Å². The lowest BCUT2D eigenvalue weighted by molar-refractivity contribution is -0.137. The Morgan fingerprint density at radius 3 is 1.96 bits per heavy atom. The van der Waals surface area contributed by atoms with Crippen molar-refractivity contribution in [3.8, 4) is 0 Å². The molecule has 2 aliphatic carbocycles. The van der Waals surface area contributed by atoms with Crippen molar-refractivity contribution in [1.82, 2.24) is 14.5 Å². The molecule has 47 heavy (non-hydrogen) atoms. The van der Waals surface area contributed by atoms with Gasteiger partial charge in [0.2, 0.25) is 0 Å². The number of halogens is 5. The van der Waals surface area contributed by atoms with E-state index in [1.165, 1.54) is 47.5 Å². The van der Waals surface area contributed by atoms with Gasteiger partial charge in [0, 0.05) is 43.8 Å². The molecular weight excluding hydrogens is 662 g/mol. The molecule has 3 fully saturated rings. The molecule has 3 aliphatic rings. The number of nitrogens with zero attached hydrogens (tertiary/aromatic N) is 2. The molecule has 0 bridgehead atoms. The number of nitrogens with one attached hydrogen (secondary N) is 1. The Morgan fingerprint density at radius 2 is 1.47 bits per heavy atom. The Hall–Kier alpha value is -2.29. The van der Waals surface area contributed by atoms with Crippen molar-refractivity contribution in [1.29, 1.82) is 0 Å². The maximum absolute atomic E-state index is 13.1. The maximum Gasteiger partial charge on any atom is 0.417 e. The van der Waals surface area contributed by atoms with E-state index in [9.17, 15) is 40.4 Å². The van der Waals surface area contributed by atoms with Crippen LogP contribution >= 0.6 is 11.6 Å². The summed E-state index contributed by atoms with van der Waals surface area (Å²) in [6.45, 7) is 1.81. The second-order valence-electron chi connectivity index (χ2n) is 12.7. The van der Waals surface area contributed by atoms with Gasteiger partial charge in [-0.25, -0.2) is 4.39 Å². The first kappa shape index (κ1) is 37.5. The molecule has 262 valence electrons. The molecule has 2 saturated carbocycles. The largest absolute Gasteiger partial charge is 0.417 e. The van der Waals surface area contributed by atoms with E-state index in [0.717, 1.165) is 63.5 Å². The number of carbonyl (C=O) groups excluding carboxylic acids is 1. The number of amides is 1. The van der Waals surface area contributed by atoms with Gasteiger partial charge in [-0.15, -0.1) is 0 Å². The quantitative estimate of drug-likeness (QED) is 0.202. The molecule has 0 spiro atoms.